The first-order chi connectivity index (χ1) is 10.7. The Kier molecular flexibility index (Phi) is 6.35. The van der Waals surface area contributed by atoms with Gasteiger partial charge in [-0.3, -0.25) is 9.59 Å². The van der Waals surface area contributed by atoms with Gasteiger partial charge in [-0.25, -0.2) is 0 Å². The number of para-hydroxylation sites is 1. The second-order valence-corrected chi connectivity index (χ2v) is 6.57. The number of aromatic nitrogens is 2. The van der Waals surface area contributed by atoms with E-state index in [0.29, 0.717) is 15.9 Å². The van der Waals surface area contributed by atoms with Crippen molar-refractivity contribution < 1.29 is 9.59 Å². The van der Waals surface area contributed by atoms with Crippen LogP contribution in [-0.4, -0.2) is 27.8 Å². The number of carbonyl (C=O) groups is 2. The first-order valence-corrected chi connectivity index (χ1v) is 8.58. The van der Waals surface area contributed by atoms with E-state index in [1.54, 1.807) is 0 Å². The van der Waals surface area contributed by atoms with Crippen LogP contribution in [0.3, 0.4) is 0 Å². The van der Waals surface area contributed by atoms with Crippen LogP contribution in [0.2, 0.25) is 0 Å². The standard InChI is InChI=1S/C14H16N4O2S2/c1-2-6-11(19)16-13-17-18-14(22-13)21-9-12(20)15-10-7-4-3-5-8-10/h3-5,7-8H,2,6,9H2,1H3,(H,15,20)(H,16,17,19). The number of benzene rings is 1. The molecule has 0 aliphatic carbocycles. The molecule has 1 aromatic heterocycles. The van der Waals surface area contributed by atoms with Crippen molar-refractivity contribution in [3.05, 3.63) is 30.3 Å². The van der Waals surface area contributed by atoms with Gasteiger partial charge in [0.05, 0.1) is 5.75 Å². The largest absolute Gasteiger partial charge is 0.325 e. The molecule has 22 heavy (non-hydrogen) atoms. The molecule has 2 N–H and O–H groups in total. The number of anilines is 2. The maximum atomic E-state index is 11.8. The van der Waals surface area contributed by atoms with Gasteiger partial charge in [0, 0.05) is 12.1 Å². The molecule has 1 heterocycles. The molecule has 0 atom stereocenters. The van der Waals surface area contributed by atoms with Gasteiger partial charge in [0.25, 0.3) is 0 Å². The summed E-state index contributed by atoms with van der Waals surface area (Å²) in [6.45, 7) is 1.94. The fraction of sp³-hybridized carbons (Fsp3) is 0.286. The minimum absolute atomic E-state index is 0.0722. The molecule has 116 valence electrons. The van der Waals surface area contributed by atoms with Crippen LogP contribution in [0.1, 0.15) is 19.8 Å². The summed E-state index contributed by atoms with van der Waals surface area (Å²) in [4.78, 5) is 23.3. The van der Waals surface area contributed by atoms with Gasteiger partial charge in [-0.05, 0) is 18.6 Å². The Hall–Kier alpha value is -1.93. The molecule has 2 rings (SSSR count). The monoisotopic (exact) mass is 336 g/mol. The van der Waals surface area contributed by atoms with Gasteiger partial charge in [-0.15, -0.1) is 10.2 Å². The van der Waals surface area contributed by atoms with Crippen LogP contribution in [0, 0.1) is 0 Å². The molecule has 0 unspecified atom stereocenters. The highest BCUT2D eigenvalue weighted by Crippen LogP contribution is 2.25. The van der Waals surface area contributed by atoms with E-state index in [1.165, 1.54) is 23.1 Å². The zero-order chi connectivity index (χ0) is 15.8. The lowest BCUT2D eigenvalue weighted by molar-refractivity contribution is -0.116. The molecule has 0 fully saturated rings. The summed E-state index contributed by atoms with van der Waals surface area (Å²) in [5, 5.41) is 13.8. The van der Waals surface area contributed by atoms with Crippen LogP contribution in [0.4, 0.5) is 10.8 Å². The van der Waals surface area contributed by atoms with E-state index >= 15 is 0 Å². The van der Waals surface area contributed by atoms with E-state index in [9.17, 15) is 9.59 Å². The van der Waals surface area contributed by atoms with Crippen molar-refractivity contribution in [2.75, 3.05) is 16.4 Å². The summed E-state index contributed by atoms with van der Waals surface area (Å²) in [5.74, 6) is 0.0619. The van der Waals surface area contributed by atoms with Crippen LogP contribution in [0.15, 0.2) is 34.7 Å². The van der Waals surface area contributed by atoms with Gasteiger partial charge in [0.2, 0.25) is 16.9 Å². The van der Waals surface area contributed by atoms with Gasteiger partial charge in [0.1, 0.15) is 0 Å². The number of nitrogens with zero attached hydrogens (tertiary/aromatic N) is 2. The maximum Gasteiger partial charge on any atom is 0.234 e. The Labute approximate surface area is 136 Å². The van der Waals surface area contributed by atoms with E-state index < -0.39 is 0 Å². The molecular formula is C14H16N4O2S2. The van der Waals surface area contributed by atoms with Crippen molar-refractivity contribution in [2.24, 2.45) is 0 Å². The molecule has 6 nitrogen and oxygen atoms in total. The van der Waals surface area contributed by atoms with Gasteiger partial charge in [-0.1, -0.05) is 48.2 Å². The lowest BCUT2D eigenvalue weighted by atomic mass is 10.3. The number of carbonyl (C=O) groups excluding carboxylic acids is 2. The number of thioether (sulfide) groups is 1. The first kappa shape index (κ1) is 16.4. The van der Waals surface area contributed by atoms with Crippen molar-refractivity contribution in [3.8, 4) is 0 Å². The first-order valence-electron chi connectivity index (χ1n) is 6.78. The molecule has 0 spiro atoms. The highest BCUT2D eigenvalue weighted by atomic mass is 32.2. The zero-order valence-corrected chi connectivity index (χ0v) is 13.7. The SMILES string of the molecule is CCCC(=O)Nc1nnc(SCC(=O)Nc2ccccc2)s1. The molecule has 0 radical (unpaired) electrons. The molecular weight excluding hydrogens is 320 g/mol. The van der Waals surface area contributed by atoms with Gasteiger partial charge in [0.15, 0.2) is 4.34 Å². The van der Waals surface area contributed by atoms with Gasteiger partial charge < -0.3 is 10.6 Å². The Balaban J connectivity index is 1.78. The van der Waals surface area contributed by atoms with Gasteiger partial charge >= 0.3 is 0 Å². The number of rotatable bonds is 7. The summed E-state index contributed by atoms with van der Waals surface area (Å²) in [6.07, 6.45) is 1.24. The van der Waals surface area contributed by atoms with Crippen molar-refractivity contribution in [1.29, 1.82) is 0 Å². The van der Waals surface area contributed by atoms with Crippen LogP contribution in [-0.2, 0) is 9.59 Å². The molecule has 0 bridgehead atoms. The summed E-state index contributed by atoms with van der Waals surface area (Å²) < 4.78 is 0.648. The molecule has 8 heteroatoms. The molecule has 0 saturated carbocycles. The van der Waals surface area contributed by atoms with Crippen molar-refractivity contribution in [1.82, 2.24) is 10.2 Å². The third-order valence-corrected chi connectivity index (χ3v) is 4.49. The lowest BCUT2D eigenvalue weighted by Crippen LogP contribution is -2.13. The second-order valence-electron chi connectivity index (χ2n) is 4.37. The smallest absolute Gasteiger partial charge is 0.234 e. The molecule has 0 aliphatic rings. The van der Waals surface area contributed by atoms with E-state index in [1.807, 2.05) is 37.3 Å². The predicted molar refractivity (Wildman–Crippen MR) is 89.2 cm³/mol. The van der Waals surface area contributed by atoms with E-state index in [4.69, 9.17) is 0 Å². The average Bonchev–Trinajstić information content (AvgIpc) is 2.94. The summed E-state index contributed by atoms with van der Waals surface area (Å²) in [6, 6.07) is 9.27. The highest BCUT2D eigenvalue weighted by Gasteiger charge is 2.10. The fourth-order valence-electron chi connectivity index (χ4n) is 1.57. The van der Waals surface area contributed by atoms with Crippen molar-refractivity contribution >= 4 is 45.7 Å². The summed E-state index contributed by atoms with van der Waals surface area (Å²) >= 11 is 2.55. The predicted octanol–water partition coefficient (Wildman–Crippen LogP) is 3.01. The zero-order valence-electron chi connectivity index (χ0n) is 12.0. The minimum Gasteiger partial charge on any atom is -0.325 e. The summed E-state index contributed by atoms with van der Waals surface area (Å²) in [7, 11) is 0. The third kappa shape index (κ3) is 5.45. The summed E-state index contributed by atoms with van der Waals surface area (Å²) in [5.41, 5.74) is 0.762. The molecule has 2 aromatic rings. The molecule has 0 aliphatic heterocycles. The van der Waals surface area contributed by atoms with Crippen LogP contribution in [0.25, 0.3) is 0 Å². The molecule has 1 aromatic carbocycles. The number of hydrogen-bond donors (Lipinski definition) is 2. The lowest BCUT2D eigenvalue weighted by Gasteiger charge is -2.02. The number of nitrogens with one attached hydrogen (secondary N) is 2. The second kappa shape index (κ2) is 8.50. The van der Waals surface area contributed by atoms with Crippen LogP contribution >= 0.6 is 23.1 Å². The van der Waals surface area contributed by atoms with E-state index in [0.717, 1.165) is 12.1 Å². The number of hydrogen-bond acceptors (Lipinski definition) is 6. The topological polar surface area (TPSA) is 84.0 Å². The van der Waals surface area contributed by atoms with Crippen molar-refractivity contribution in [3.63, 3.8) is 0 Å². The molecule has 2 amide bonds. The highest BCUT2D eigenvalue weighted by molar-refractivity contribution is 8.01. The fourth-order valence-corrected chi connectivity index (χ4v) is 3.14. The third-order valence-electron chi connectivity index (χ3n) is 2.51. The van der Waals surface area contributed by atoms with E-state index in [-0.39, 0.29) is 17.6 Å². The Bertz CT molecular complexity index is 631. The number of amides is 2. The van der Waals surface area contributed by atoms with E-state index in [2.05, 4.69) is 20.8 Å². The Morgan fingerprint density at radius 2 is 1.91 bits per heavy atom. The minimum atomic E-state index is -0.108. The quantitative estimate of drug-likeness (QED) is 0.600. The normalized spacial score (nSPS) is 10.2. The average molecular weight is 336 g/mol. The molecule has 0 saturated heterocycles. The van der Waals surface area contributed by atoms with Crippen LogP contribution < -0.4 is 10.6 Å². The Morgan fingerprint density at radius 3 is 2.64 bits per heavy atom. The van der Waals surface area contributed by atoms with Gasteiger partial charge in [-0.2, -0.15) is 0 Å². The maximum absolute atomic E-state index is 11.8. The Morgan fingerprint density at radius 1 is 1.14 bits per heavy atom. The van der Waals surface area contributed by atoms with Crippen LogP contribution in [0.5, 0.6) is 0 Å². The van der Waals surface area contributed by atoms with Crippen molar-refractivity contribution in [2.45, 2.75) is 24.1 Å².